The fourth-order valence-electron chi connectivity index (χ4n) is 4.07. The first-order valence-corrected chi connectivity index (χ1v) is 11.0. The summed E-state index contributed by atoms with van der Waals surface area (Å²) >= 11 is 0. The molecule has 1 aliphatic rings. The van der Waals surface area contributed by atoms with Crippen LogP contribution in [0.1, 0.15) is 46.4 Å². The van der Waals surface area contributed by atoms with E-state index in [1.165, 1.54) is 22.0 Å². The number of nitrogens with zero attached hydrogens (tertiary/aromatic N) is 8. The maximum atomic E-state index is 12.9. The number of hydrogen-bond acceptors (Lipinski definition) is 8. The Morgan fingerprint density at radius 1 is 0.676 bits per heavy atom. The van der Waals surface area contributed by atoms with E-state index in [2.05, 4.69) is 41.7 Å². The monoisotopic (exact) mass is 458 g/mol. The van der Waals surface area contributed by atoms with Crippen molar-refractivity contribution in [2.45, 2.75) is 37.8 Å². The minimum atomic E-state index is -0.180. The molecule has 1 aliphatic carbocycles. The van der Waals surface area contributed by atoms with Crippen molar-refractivity contribution in [2.75, 3.05) is 0 Å². The quantitative estimate of drug-likeness (QED) is 0.437. The molecule has 5 rings (SSSR count). The zero-order valence-electron chi connectivity index (χ0n) is 18.2. The van der Waals surface area contributed by atoms with Gasteiger partial charge in [-0.25, -0.2) is 9.36 Å². The number of carbonyl (C=O) groups excluding carboxylic acids is 2. The predicted molar refractivity (Wildman–Crippen MR) is 119 cm³/mol. The van der Waals surface area contributed by atoms with Gasteiger partial charge in [0.05, 0.1) is 11.4 Å². The largest absolute Gasteiger partial charge is 0.347 e. The summed E-state index contributed by atoms with van der Waals surface area (Å²) in [6.07, 6.45) is 6.58. The highest BCUT2D eigenvalue weighted by atomic mass is 16.2. The van der Waals surface area contributed by atoms with E-state index in [0.717, 1.165) is 37.1 Å². The van der Waals surface area contributed by atoms with Crippen LogP contribution in [0.4, 0.5) is 0 Å². The first kappa shape index (κ1) is 21.4. The molecule has 2 aromatic heterocycles. The molecule has 2 N–H and O–H groups in total. The molecule has 0 bridgehead atoms. The smallest absolute Gasteiger partial charge is 0.251 e. The molecule has 2 amide bonds. The van der Waals surface area contributed by atoms with Gasteiger partial charge >= 0.3 is 0 Å². The molecule has 2 heterocycles. The highest BCUT2D eigenvalue weighted by molar-refractivity contribution is 5.95. The molecule has 34 heavy (non-hydrogen) atoms. The summed E-state index contributed by atoms with van der Waals surface area (Å²) in [5.74, 6) is -0.361. The molecule has 12 heteroatoms. The number of tetrazole rings is 2. The van der Waals surface area contributed by atoms with Gasteiger partial charge in [-0.15, -0.1) is 10.2 Å². The Bertz CT molecular complexity index is 1140. The fraction of sp³-hybridized carbons (Fsp3) is 0.273. The maximum Gasteiger partial charge on any atom is 0.251 e. The molecular formula is C22H22N10O2. The summed E-state index contributed by atoms with van der Waals surface area (Å²) in [4.78, 5) is 25.7. The molecule has 0 spiro atoms. The van der Waals surface area contributed by atoms with Crippen LogP contribution in [0.2, 0.25) is 0 Å². The summed E-state index contributed by atoms with van der Waals surface area (Å²) in [5.41, 5.74) is 2.59. The average molecular weight is 458 g/mol. The van der Waals surface area contributed by atoms with Crippen molar-refractivity contribution in [1.29, 1.82) is 0 Å². The summed E-state index contributed by atoms with van der Waals surface area (Å²) in [6.45, 7) is 0. The molecule has 4 aromatic rings. The van der Waals surface area contributed by atoms with Crippen LogP contribution in [0.3, 0.4) is 0 Å². The van der Waals surface area contributed by atoms with Gasteiger partial charge in [-0.1, -0.05) is 12.8 Å². The van der Waals surface area contributed by atoms with Crippen molar-refractivity contribution in [2.24, 2.45) is 0 Å². The van der Waals surface area contributed by atoms with Crippen molar-refractivity contribution in [1.82, 2.24) is 51.0 Å². The van der Waals surface area contributed by atoms with Crippen LogP contribution in [0, 0.1) is 0 Å². The van der Waals surface area contributed by atoms with Gasteiger partial charge in [0, 0.05) is 23.2 Å². The van der Waals surface area contributed by atoms with Crippen molar-refractivity contribution in [3.63, 3.8) is 0 Å². The number of rotatable bonds is 6. The topological polar surface area (TPSA) is 145 Å². The summed E-state index contributed by atoms with van der Waals surface area (Å²) < 4.78 is 3.04. The number of benzene rings is 2. The minimum absolute atomic E-state index is 0.148. The Hall–Kier alpha value is -4.48. The average Bonchev–Trinajstić information content (AvgIpc) is 3.60. The summed E-state index contributed by atoms with van der Waals surface area (Å²) in [6, 6.07) is 13.8. The summed E-state index contributed by atoms with van der Waals surface area (Å²) in [5, 5.41) is 28.3. The van der Waals surface area contributed by atoms with Gasteiger partial charge < -0.3 is 10.6 Å². The first-order chi connectivity index (χ1) is 16.7. The molecule has 0 aliphatic heterocycles. The second-order valence-corrected chi connectivity index (χ2v) is 8.05. The second-order valence-electron chi connectivity index (χ2n) is 8.05. The molecule has 1 fully saturated rings. The number of carbonyl (C=O) groups is 2. The highest BCUT2D eigenvalue weighted by Gasteiger charge is 2.28. The van der Waals surface area contributed by atoms with Crippen molar-refractivity contribution in [3.8, 4) is 11.4 Å². The molecule has 172 valence electrons. The molecule has 12 nitrogen and oxygen atoms in total. The molecule has 2 unspecified atom stereocenters. The van der Waals surface area contributed by atoms with E-state index in [1.54, 1.807) is 48.5 Å². The van der Waals surface area contributed by atoms with Gasteiger partial charge in [0.2, 0.25) is 0 Å². The number of amides is 2. The van der Waals surface area contributed by atoms with Crippen LogP contribution in [-0.4, -0.2) is 64.3 Å². The molecule has 2 atom stereocenters. The van der Waals surface area contributed by atoms with Crippen molar-refractivity contribution >= 4 is 11.8 Å². The van der Waals surface area contributed by atoms with E-state index in [0.29, 0.717) is 11.1 Å². The van der Waals surface area contributed by atoms with Gasteiger partial charge in [-0.3, -0.25) is 9.59 Å². The highest BCUT2D eigenvalue weighted by Crippen LogP contribution is 2.20. The lowest BCUT2D eigenvalue weighted by molar-refractivity contribution is 0.0863. The van der Waals surface area contributed by atoms with E-state index >= 15 is 0 Å². The SMILES string of the molecule is O=C(NC1CCCCC1NC(=O)c1ccc(-n2cnnn2)cc1)c1ccc(-n2cnnn2)cc1. The molecular weight excluding hydrogens is 436 g/mol. The fourth-order valence-corrected chi connectivity index (χ4v) is 4.07. The minimum Gasteiger partial charge on any atom is -0.347 e. The van der Waals surface area contributed by atoms with E-state index < -0.39 is 0 Å². The van der Waals surface area contributed by atoms with Crippen LogP contribution in [0.5, 0.6) is 0 Å². The lowest BCUT2D eigenvalue weighted by Gasteiger charge is -2.33. The summed E-state index contributed by atoms with van der Waals surface area (Å²) in [7, 11) is 0. The van der Waals surface area contributed by atoms with Gasteiger partial charge in [0.1, 0.15) is 12.7 Å². The second kappa shape index (κ2) is 9.57. The Labute approximate surface area is 194 Å². The van der Waals surface area contributed by atoms with Gasteiger partial charge in [-0.05, 0) is 82.2 Å². The molecule has 0 radical (unpaired) electrons. The van der Waals surface area contributed by atoms with Crippen LogP contribution >= 0.6 is 0 Å². The predicted octanol–water partition coefficient (Wildman–Crippen LogP) is 1.11. The third-order valence-electron chi connectivity index (χ3n) is 5.89. The number of hydrogen-bond donors (Lipinski definition) is 2. The van der Waals surface area contributed by atoms with Gasteiger partial charge in [0.15, 0.2) is 0 Å². The van der Waals surface area contributed by atoms with E-state index in [1.807, 2.05) is 0 Å². The van der Waals surface area contributed by atoms with Gasteiger partial charge in [0.25, 0.3) is 11.8 Å². The van der Waals surface area contributed by atoms with Gasteiger partial charge in [-0.2, -0.15) is 0 Å². The third-order valence-corrected chi connectivity index (χ3v) is 5.89. The zero-order valence-corrected chi connectivity index (χ0v) is 18.2. The Morgan fingerprint density at radius 2 is 1.09 bits per heavy atom. The Balaban J connectivity index is 1.22. The third kappa shape index (κ3) is 4.65. The Morgan fingerprint density at radius 3 is 1.44 bits per heavy atom. The van der Waals surface area contributed by atoms with Crippen molar-refractivity contribution in [3.05, 3.63) is 72.3 Å². The maximum absolute atomic E-state index is 12.9. The van der Waals surface area contributed by atoms with E-state index in [9.17, 15) is 9.59 Å². The van der Waals surface area contributed by atoms with Crippen molar-refractivity contribution < 1.29 is 9.59 Å². The molecule has 0 saturated heterocycles. The van der Waals surface area contributed by atoms with Crippen LogP contribution in [-0.2, 0) is 0 Å². The normalized spacial score (nSPS) is 17.8. The van der Waals surface area contributed by atoms with Crippen LogP contribution in [0.25, 0.3) is 11.4 Å². The first-order valence-electron chi connectivity index (χ1n) is 11.0. The van der Waals surface area contributed by atoms with Crippen LogP contribution in [0.15, 0.2) is 61.2 Å². The van der Waals surface area contributed by atoms with E-state index in [4.69, 9.17) is 0 Å². The Kier molecular flexibility index (Phi) is 6.01. The lowest BCUT2D eigenvalue weighted by atomic mass is 9.89. The zero-order chi connectivity index (χ0) is 23.3. The number of nitrogens with one attached hydrogen (secondary N) is 2. The molecule has 1 saturated carbocycles. The standard InChI is InChI=1S/C22H22N10O2/c33-21(15-5-9-17(10-6-15)31-13-23-27-29-31)25-19-3-1-2-4-20(19)26-22(34)16-7-11-18(12-8-16)32-14-24-28-30-32/h5-14,19-20H,1-4H2,(H,25,33)(H,26,34). The van der Waals surface area contributed by atoms with E-state index in [-0.39, 0.29) is 23.9 Å². The molecule has 2 aromatic carbocycles. The number of aromatic nitrogens is 8. The van der Waals surface area contributed by atoms with Crippen LogP contribution < -0.4 is 10.6 Å². The lowest BCUT2D eigenvalue weighted by Crippen LogP contribution is -2.53.